The minimum atomic E-state index is -0.0499. The maximum atomic E-state index is 12.4. The summed E-state index contributed by atoms with van der Waals surface area (Å²) in [7, 11) is 3.56. The molecule has 0 fully saturated rings. The number of benzene rings is 1. The monoisotopic (exact) mass is 241 g/mol. The summed E-state index contributed by atoms with van der Waals surface area (Å²) in [6.45, 7) is 0. The van der Waals surface area contributed by atoms with Crippen LogP contribution in [0.1, 0.15) is 10.4 Å². The van der Waals surface area contributed by atoms with E-state index in [1.165, 1.54) is 0 Å². The molecule has 0 atom stereocenters. The Morgan fingerprint density at radius 2 is 1.83 bits per heavy atom. The zero-order valence-corrected chi connectivity index (χ0v) is 10.4. The molecule has 0 saturated heterocycles. The number of aromatic nitrogens is 1. The van der Waals surface area contributed by atoms with Gasteiger partial charge in [0.2, 0.25) is 0 Å². The fourth-order valence-corrected chi connectivity index (χ4v) is 1.75. The van der Waals surface area contributed by atoms with Crippen LogP contribution in [0.2, 0.25) is 0 Å². The van der Waals surface area contributed by atoms with E-state index in [1.807, 2.05) is 24.3 Å². The van der Waals surface area contributed by atoms with Crippen LogP contribution < -0.4 is 10.2 Å². The topological polar surface area (TPSA) is 45.2 Å². The van der Waals surface area contributed by atoms with E-state index in [0.717, 1.165) is 11.4 Å². The zero-order valence-electron chi connectivity index (χ0n) is 10.4. The third-order valence-electron chi connectivity index (χ3n) is 2.78. The molecule has 0 radical (unpaired) electrons. The summed E-state index contributed by atoms with van der Waals surface area (Å²) in [5.41, 5.74) is 2.30. The summed E-state index contributed by atoms with van der Waals surface area (Å²) in [4.78, 5) is 17.9. The highest BCUT2D eigenvalue weighted by molar-refractivity contribution is 6.09. The molecule has 0 aliphatic rings. The van der Waals surface area contributed by atoms with Gasteiger partial charge in [-0.15, -0.1) is 0 Å². The van der Waals surface area contributed by atoms with E-state index in [1.54, 1.807) is 43.5 Å². The molecule has 18 heavy (non-hydrogen) atoms. The first-order chi connectivity index (χ1) is 8.74. The smallest absolute Gasteiger partial charge is 0.260 e. The lowest BCUT2D eigenvalue weighted by molar-refractivity contribution is 0.0994. The van der Waals surface area contributed by atoms with Gasteiger partial charge in [-0.1, -0.05) is 12.1 Å². The quantitative estimate of drug-likeness (QED) is 0.897. The van der Waals surface area contributed by atoms with Crippen molar-refractivity contribution < 1.29 is 4.79 Å². The van der Waals surface area contributed by atoms with Crippen molar-refractivity contribution in [3.8, 4) is 0 Å². The minimum absolute atomic E-state index is 0.0499. The maximum absolute atomic E-state index is 12.4. The number of hydrogen-bond donors (Lipinski definition) is 1. The van der Waals surface area contributed by atoms with Crippen LogP contribution in [0.5, 0.6) is 0 Å². The summed E-state index contributed by atoms with van der Waals surface area (Å²) in [5.74, 6) is -0.0499. The van der Waals surface area contributed by atoms with Gasteiger partial charge in [-0.3, -0.25) is 9.78 Å². The van der Waals surface area contributed by atoms with Gasteiger partial charge in [-0.25, -0.2) is 0 Å². The Balaban J connectivity index is 2.32. The second-order valence-electron chi connectivity index (χ2n) is 3.87. The molecule has 0 aliphatic heterocycles. The maximum Gasteiger partial charge on any atom is 0.260 e. The normalized spacial score (nSPS) is 9.89. The molecule has 0 aliphatic carbocycles. The Hall–Kier alpha value is -2.36. The summed E-state index contributed by atoms with van der Waals surface area (Å²) < 4.78 is 0. The van der Waals surface area contributed by atoms with Gasteiger partial charge < -0.3 is 10.2 Å². The molecule has 1 heterocycles. The van der Waals surface area contributed by atoms with Gasteiger partial charge in [0, 0.05) is 37.9 Å². The third kappa shape index (κ3) is 2.32. The fraction of sp³-hybridized carbons (Fsp3) is 0.143. The number of carbonyl (C=O) groups excluding carboxylic acids is 1. The minimum Gasteiger partial charge on any atom is -0.387 e. The number of rotatable bonds is 3. The molecular formula is C14H15N3O. The third-order valence-corrected chi connectivity index (χ3v) is 2.78. The molecule has 1 amide bonds. The lowest BCUT2D eigenvalue weighted by Gasteiger charge is -2.18. The van der Waals surface area contributed by atoms with Gasteiger partial charge in [0.1, 0.15) is 0 Å². The van der Waals surface area contributed by atoms with Gasteiger partial charge in [0.25, 0.3) is 5.91 Å². The highest BCUT2D eigenvalue weighted by Crippen LogP contribution is 2.19. The van der Waals surface area contributed by atoms with Crippen LogP contribution in [0.3, 0.4) is 0 Å². The Bertz CT molecular complexity index is 540. The van der Waals surface area contributed by atoms with Gasteiger partial charge in [-0.2, -0.15) is 0 Å². The average molecular weight is 241 g/mol. The first-order valence-corrected chi connectivity index (χ1v) is 5.69. The number of amides is 1. The van der Waals surface area contributed by atoms with Crippen LogP contribution in [0.4, 0.5) is 11.4 Å². The SMILES string of the molecule is CNc1ccccc1C(=O)N(C)c1ccncc1. The number of nitrogens with one attached hydrogen (secondary N) is 1. The predicted octanol–water partition coefficient (Wildman–Crippen LogP) is 2.40. The summed E-state index contributed by atoms with van der Waals surface area (Å²) in [5, 5.41) is 3.02. The molecule has 0 bridgehead atoms. The lowest BCUT2D eigenvalue weighted by atomic mass is 10.1. The van der Waals surface area contributed by atoms with Gasteiger partial charge in [-0.05, 0) is 24.3 Å². The van der Waals surface area contributed by atoms with E-state index in [0.29, 0.717) is 5.56 Å². The van der Waals surface area contributed by atoms with Gasteiger partial charge in [0.05, 0.1) is 5.56 Å². The van der Waals surface area contributed by atoms with E-state index in [2.05, 4.69) is 10.3 Å². The van der Waals surface area contributed by atoms with Crippen molar-refractivity contribution in [1.29, 1.82) is 0 Å². The average Bonchev–Trinajstić information content (AvgIpc) is 2.46. The van der Waals surface area contributed by atoms with Crippen LogP contribution in [0.15, 0.2) is 48.8 Å². The Labute approximate surface area is 106 Å². The standard InChI is InChI=1S/C14H15N3O/c1-15-13-6-4-3-5-12(13)14(18)17(2)11-7-9-16-10-8-11/h3-10,15H,1-2H3. The second-order valence-corrected chi connectivity index (χ2v) is 3.87. The van der Waals surface area contributed by atoms with E-state index in [9.17, 15) is 4.79 Å². The molecule has 92 valence electrons. The van der Waals surface area contributed by atoms with Crippen molar-refractivity contribution in [1.82, 2.24) is 4.98 Å². The van der Waals surface area contributed by atoms with Crippen molar-refractivity contribution in [2.24, 2.45) is 0 Å². The highest BCUT2D eigenvalue weighted by Gasteiger charge is 2.15. The van der Waals surface area contributed by atoms with E-state index >= 15 is 0 Å². The van der Waals surface area contributed by atoms with Crippen molar-refractivity contribution >= 4 is 17.3 Å². The van der Waals surface area contributed by atoms with Crippen LogP contribution >= 0.6 is 0 Å². The number of carbonyl (C=O) groups is 1. The first-order valence-electron chi connectivity index (χ1n) is 5.69. The first kappa shape index (κ1) is 12.1. The number of anilines is 2. The Morgan fingerprint density at radius 3 is 2.50 bits per heavy atom. The van der Waals surface area contributed by atoms with Crippen molar-refractivity contribution in [3.05, 3.63) is 54.4 Å². The summed E-state index contributed by atoms with van der Waals surface area (Å²) in [6.07, 6.45) is 3.34. The molecule has 0 unspecified atom stereocenters. The van der Waals surface area contributed by atoms with Gasteiger partial charge >= 0.3 is 0 Å². The number of pyridine rings is 1. The highest BCUT2D eigenvalue weighted by atomic mass is 16.2. The van der Waals surface area contributed by atoms with Crippen molar-refractivity contribution in [2.45, 2.75) is 0 Å². The number of hydrogen-bond acceptors (Lipinski definition) is 3. The Kier molecular flexibility index (Phi) is 3.57. The van der Waals surface area contributed by atoms with Crippen LogP contribution in [-0.2, 0) is 0 Å². The molecule has 4 heteroatoms. The molecular weight excluding hydrogens is 226 g/mol. The molecule has 1 aromatic carbocycles. The molecule has 1 N–H and O–H groups in total. The van der Waals surface area contributed by atoms with Gasteiger partial charge in [0.15, 0.2) is 0 Å². The molecule has 4 nitrogen and oxygen atoms in total. The van der Waals surface area contributed by atoms with Crippen LogP contribution in [0.25, 0.3) is 0 Å². The number of para-hydroxylation sites is 1. The molecule has 0 spiro atoms. The summed E-state index contributed by atoms with van der Waals surface area (Å²) in [6, 6.07) is 11.1. The zero-order chi connectivity index (χ0) is 13.0. The van der Waals surface area contributed by atoms with E-state index in [4.69, 9.17) is 0 Å². The van der Waals surface area contributed by atoms with Crippen LogP contribution in [0, 0.1) is 0 Å². The lowest BCUT2D eigenvalue weighted by Crippen LogP contribution is -2.26. The summed E-state index contributed by atoms with van der Waals surface area (Å²) >= 11 is 0. The fourth-order valence-electron chi connectivity index (χ4n) is 1.75. The van der Waals surface area contributed by atoms with Crippen molar-refractivity contribution in [3.63, 3.8) is 0 Å². The second kappa shape index (κ2) is 5.31. The largest absolute Gasteiger partial charge is 0.387 e. The Morgan fingerprint density at radius 1 is 1.17 bits per heavy atom. The predicted molar refractivity (Wildman–Crippen MR) is 73.0 cm³/mol. The molecule has 2 rings (SSSR count). The molecule has 2 aromatic rings. The van der Waals surface area contributed by atoms with Crippen molar-refractivity contribution in [2.75, 3.05) is 24.3 Å². The van der Waals surface area contributed by atoms with Crippen LogP contribution in [-0.4, -0.2) is 25.0 Å². The van der Waals surface area contributed by atoms with E-state index < -0.39 is 0 Å². The molecule has 1 aromatic heterocycles. The van der Waals surface area contributed by atoms with E-state index in [-0.39, 0.29) is 5.91 Å². The number of nitrogens with zero attached hydrogens (tertiary/aromatic N) is 2. The molecule has 0 saturated carbocycles.